The van der Waals surface area contributed by atoms with Gasteiger partial charge < -0.3 is 9.67 Å². The quantitative estimate of drug-likeness (QED) is 0.386. The molecule has 1 unspecified atom stereocenters. The van der Waals surface area contributed by atoms with Crippen LogP contribution in [0.15, 0.2) is 60.3 Å². The standard InChI is InChI=1S/C23H17N3O5/c1-25-10-18(16-7-6-13(26(30)31)9-19(16)25)21-20(22(28)24-23(21)29)17-8-12(11-27)14-4-2-3-5-15(14)17/h2-10,12,27H,11H2,1H3,(H,24,28,29). The summed E-state index contributed by atoms with van der Waals surface area (Å²) in [5.74, 6) is -1.28. The Morgan fingerprint density at radius 3 is 2.58 bits per heavy atom. The lowest BCUT2D eigenvalue weighted by Crippen LogP contribution is -2.23. The lowest BCUT2D eigenvalue weighted by atomic mass is 9.92. The molecule has 1 atom stereocenters. The van der Waals surface area contributed by atoms with Crippen LogP contribution in [0.3, 0.4) is 0 Å². The summed E-state index contributed by atoms with van der Waals surface area (Å²) in [5, 5.41) is 24.0. The van der Waals surface area contributed by atoms with Crippen molar-refractivity contribution in [3.8, 4) is 0 Å². The Morgan fingerprint density at radius 1 is 1.10 bits per heavy atom. The Morgan fingerprint density at radius 2 is 1.84 bits per heavy atom. The van der Waals surface area contributed by atoms with Gasteiger partial charge in [-0.3, -0.25) is 25.0 Å². The predicted octanol–water partition coefficient (Wildman–Crippen LogP) is 2.67. The Kier molecular flexibility index (Phi) is 4.13. The zero-order chi connectivity index (χ0) is 21.9. The number of hydrogen-bond donors (Lipinski definition) is 2. The Labute approximate surface area is 176 Å². The maximum atomic E-state index is 12.9. The SMILES string of the molecule is Cn1cc(C2=C(C3=CC(CO)c4ccccc43)C(=O)NC2=O)c2ccc([N+](=O)[O-])cc21. The van der Waals surface area contributed by atoms with Crippen LogP contribution in [0.4, 0.5) is 5.69 Å². The molecule has 0 fully saturated rings. The highest BCUT2D eigenvalue weighted by Crippen LogP contribution is 2.44. The first-order valence-electron chi connectivity index (χ1n) is 9.67. The second kappa shape index (κ2) is 6.75. The number of fused-ring (bicyclic) bond motifs is 2. The summed E-state index contributed by atoms with van der Waals surface area (Å²) in [6.07, 6.45) is 3.51. The van der Waals surface area contributed by atoms with E-state index in [0.29, 0.717) is 22.0 Å². The lowest BCUT2D eigenvalue weighted by molar-refractivity contribution is -0.384. The van der Waals surface area contributed by atoms with Crippen LogP contribution in [0, 0.1) is 10.1 Å². The molecule has 8 nitrogen and oxygen atoms in total. The molecule has 0 radical (unpaired) electrons. The minimum absolute atomic E-state index is 0.0559. The van der Waals surface area contributed by atoms with Crippen LogP contribution >= 0.6 is 0 Å². The molecule has 2 N–H and O–H groups in total. The average Bonchev–Trinajstić information content (AvgIpc) is 3.38. The number of hydrogen-bond acceptors (Lipinski definition) is 5. The van der Waals surface area contributed by atoms with E-state index in [0.717, 1.165) is 11.1 Å². The van der Waals surface area contributed by atoms with Gasteiger partial charge in [-0.1, -0.05) is 30.3 Å². The fourth-order valence-corrected chi connectivity index (χ4v) is 4.47. The minimum Gasteiger partial charge on any atom is -0.395 e. The number of carbonyl (C=O) groups excluding carboxylic acids is 2. The molecule has 2 heterocycles. The number of carbonyl (C=O) groups is 2. The van der Waals surface area contributed by atoms with Crippen molar-refractivity contribution in [1.29, 1.82) is 0 Å². The number of nitrogens with zero attached hydrogens (tertiary/aromatic N) is 2. The number of aliphatic hydroxyl groups excluding tert-OH is 1. The Hall–Kier alpha value is -4.04. The lowest BCUT2D eigenvalue weighted by Gasteiger charge is -2.08. The number of nitro benzene ring substituents is 1. The number of amides is 2. The largest absolute Gasteiger partial charge is 0.395 e. The van der Waals surface area contributed by atoms with Crippen LogP contribution in [0.5, 0.6) is 0 Å². The average molecular weight is 415 g/mol. The topological polar surface area (TPSA) is 114 Å². The van der Waals surface area contributed by atoms with E-state index in [1.165, 1.54) is 12.1 Å². The zero-order valence-corrected chi connectivity index (χ0v) is 16.5. The predicted molar refractivity (Wildman–Crippen MR) is 114 cm³/mol. The van der Waals surface area contributed by atoms with Gasteiger partial charge in [0, 0.05) is 42.2 Å². The summed E-state index contributed by atoms with van der Waals surface area (Å²) in [5.41, 5.74) is 3.83. The number of nitro groups is 1. The molecule has 31 heavy (non-hydrogen) atoms. The van der Waals surface area contributed by atoms with Crippen LogP contribution in [0.25, 0.3) is 22.0 Å². The van der Waals surface area contributed by atoms with Crippen molar-refractivity contribution in [2.24, 2.45) is 7.05 Å². The van der Waals surface area contributed by atoms with Gasteiger partial charge in [0.2, 0.25) is 0 Å². The van der Waals surface area contributed by atoms with Crippen LogP contribution in [-0.2, 0) is 16.6 Å². The second-order valence-corrected chi connectivity index (χ2v) is 7.60. The fourth-order valence-electron chi connectivity index (χ4n) is 4.47. The van der Waals surface area contributed by atoms with Gasteiger partial charge in [0.25, 0.3) is 17.5 Å². The molecule has 0 bridgehead atoms. The van der Waals surface area contributed by atoms with Gasteiger partial charge in [0.05, 0.1) is 28.2 Å². The number of benzene rings is 2. The number of rotatable bonds is 4. The molecule has 1 aliphatic carbocycles. The van der Waals surface area contributed by atoms with Crippen LogP contribution in [0.1, 0.15) is 22.6 Å². The van der Waals surface area contributed by atoms with E-state index >= 15 is 0 Å². The molecule has 0 saturated heterocycles. The van der Waals surface area contributed by atoms with Gasteiger partial charge in [-0.2, -0.15) is 0 Å². The molecular formula is C23H17N3O5. The summed E-state index contributed by atoms with van der Waals surface area (Å²) in [6, 6.07) is 11.9. The van der Waals surface area contributed by atoms with Crippen molar-refractivity contribution < 1.29 is 19.6 Å². The van der Waals surface area contributed by atoms with Gasteiger partial charge >= 0.3 is 0 Å². The summed E-state index contributed by atoms with van der Waals surface area (Å²) >= 11 is 0. The van der Waals surface area contributed by atoms with E-state index in [1.807, 2.05) is 30.3 Å². The third-order valence-corrected chi connectivity index (χ3v) is 5.87. The van der Waals surface area contributed by atoms with E-state index in [9.17, 15) is 24.8 Å². The van der Waals surface area contributed by atoms with Crippen LogP contribution in [-0.4, -0.2) is 33.0 Å². The smallest absolute Gasteiger partial charge is 0.271 e. The molecule has 2 aliphatic rings. The molecule has 1 aliphatic heterocycles. The van der Waals surface area contributed by atoms with Gasteiger partial charge in [-0.05, 0) is 22.8 Å². The van der Waals surface area contributed by atoms with E-state index in [4.69, 9.17) is 0 Å². The third kappa shape index (κ3) is 2.72. The molecule has 1 aromatic heterocycles. The molecule has 5 rings (SSSR count). The normalized spacial score (nSPS) is 17.9. The monoisotopic (exact) mass is 415 g/mol. The maximum Gasteiger partial charge on any atom is 0.271 e. The zero-order valence-electron chi connectivity index (χ0n) is 16.5. The van der Waals surface area contributed by atoms with Crippen molar-refractivity contribution >= 4 is 39.6 Å². The van der Waals surface area contributed by atoms with Crippen molar-refractivity contribution in [1.82, 2.24) is 9.88 Å². The highest BCUT2D eigenvalue weighted by atomic mass is 16.6. The van der Waals surface area contributed by atoms with Crippen LogP contribution in [0.2, 0.25) is 0 Å². The highest BCUT2D eigenvalue weighted by Gasteiger charge is 2.38. The summed E-state index contributed by atoms with van der Waals surface area (Å²) in [4.78, 5) is 36.4. The minimum atomic E-state index is -0.517. The number of aryl methyl sites for hydroxylation is 1. The van der Waals surface area contributed by atoms with Gasteiger partial charge in [0.1, 0.15) is 0 Å². The number of non-ortho nitro benzene ring substituents is 1. The number of aromatic nitrogens is 1. The van der Waals surface area contributed by atoms with Crippen molar-refractivity contribution in [3.05, 3.63) is 87.1 Å². The molecular weight excluding hydrogens is 398 g/mol. The Bertz CT molecular complexity index is 1380. The van der Waals surface area contributed by atoms with E-state index in [-0.39, 0.29) is 29.4 Å². The molecule has 154 valence electrons. The first kappa shape index (κ1) is 19.0. The first-order valence-corrected chi connectivity index (χ1v) is 9.67. The molecule has 8 heteroatoms. The van der Waals surface area contributed by atoms with Gasteiger partial charge in [0.15, 0.2) is 0 Å². The molecule has 0 saturated carbocycles. The number of aliphatic hydroxyl groups is 1. The van der Waals surface area contributed by atoms with Crippen molar-refractivity contribution in [3.63, 3.8) is 0 Å². The maximum absolute atomic E-state index is 12.9. The first-order chi connectivity index (χ1) is 14.9. The third-order valence-electron chi connectivity index (χ3n) is 5.87. The summed E-state index contributed by atoms with van der Waals surface area (Å²) in [6.45, 7) is -0.114. The van der Waals surface area contributed by atoms with Crippen LogP contribution < -0.4 is 5.32 Å². The Balaban J connectivity index is 1.77. The summed E-state index contributed by atoms with van der Waals surface area (Å²) < 4.78 is 1.70. The van der Waals surface area contributed by atoms with Gasteiger partial charge in [-0.25, -0.2) is 0 Å². The molecule has 2 amide bonds. The number of imide groups is 1. The van der Waals surface area contributed by atoms with Gasteiger partial charge in [-0.15, -0.1) is 0 Å². The van der Waals surface area contributed by atoms with Crippen molar-refractivity contribution in [2.75, 3.05) is 6.61 Å². The molecule has 3 aromatic rings. The van der Waals surface area contributed by atoms with E-state index in [1.54, 1.807) is 23.9 Å². The molecule has 2 aromatic carbocycles. The number of nitrogens with one attached hydrogen (secondary N) is 1. The summed E-state index contributed by atoms with van der Waals surface area (Å²) in [7, 11) is 1.73. The highest BCUT2D eigenvalue weighted by molar-refractivity contribution is 6.42. The molecule has 0 spiro atoms. The van der Waals surface area contributed by atoms with E-state index < -0.39 is 16.7 Å². The van der Waals surface area contributed by atoms with E-state index in [2.05, 4.69) is 5.32 Å². The van der Waals surface area contributed by atoms with Crippen molar-refractivity contribution in [2.45, 2.75) is 5.92 Å². The fraction of sp³-hybridized carbons (Fsp3) is 0.130. The second-order valence-electron chi connectivity index (χ2n) is 7.60.